The zero-order valence-electron chi connectivity index (χ0n) is 15.0. The Morgan fingerprint density at radius 2 is 2.04 bits per heavy atom. The molecule has 8 heteroatoms. The standard InChI is InChI=1S/C20H17BrClFN4O/c1-2-6-25-20(28)14-10-24-7-5-17(14)27-19-9-18(26-11-15(19)21)13-8-12(22)3-4-16(13)23/h3-5,7-11H,2,6H2,1H3,(H,25,28)(H,24,26,27). The molecule has 3 rings (SSSR count). The van der Waals surface area contributed by atoms with Gasteiger partial charge in [0.15, 0.2) is 0 Å². The Morgan fingerprint density at radius 3 is 2.82 bits per heavy atom. The van der Waals surface area contributed by atoms with Gasteiger partial charge in [-0.15, -0.1) is 0 Å². The summed E-state index contributed by atoms with van der Waals surface area (Å²) < 4.78 is 14.9. The second-order valence-corrected chi connectivity index (χ2v) is 7.27. The molecule has 5 nitrogen and oxygen atoms in total. The van der Waals surface area contributed by atoms with Crippen LogP contribution in [0.15, 0.2) is 53.4 Å². The molecule has 3 aromatic rings. The van der Waals surface area contributed by atoms with Crippen molar-refractivity contribution in [2.45, 2.75) is 13.3 Å². The van der Waals surface area contributed by atoms with Crippen molar-refractivity contribution in [1.82, 2.24) is 15.3 Å². The lowest BCUT2D eigenvalue weighted by Crippen LogP contribution is -2.24. The first-order chi connectivity index (χ1) is 13.5. The molecule has 144 valence electrons. The molecule has 0 fully saturated rings. The molecule has 0 unspecified atom stereocenters. The number of benzene rings is 1. The van der Waals surface area contributed by atoms with E-state index >= 15 is 0 Å². The van der Waals surface area contributed by atoms with Crippen LogP contribution in [0, 0.1) is 5.82 Å². The maximum absolute atomic E-state index is 14.2. The molecule has 0 aliphatic heterocycles. The molecule has 2 aromatic heterocycles. The first-order valence-corrected chi connectivity index (χ1v) is 9.77. The Morgan fingerprint density at radius 1 is 1.21 bits per heavy atom. The molecule has 0 spiro atoms. The van der Waals surface area contributed by atoms with Gasteiger partial charge in [0, 0.05) is 35.7 Å². The highest BCUT2D eigenvalue weighted by atomic mass is 79.9. The average molecular weight is 464 g/mol. The van der Waals surface area contributed by atoms with Crippen LogP contribution >= 0.6 is 27.5 Å². The van der Waals surface area contributed by atoms with Crippen LogP contribution in [0.2, 0.25) is 5.02 Å². The number of pyridine rings is 2. The van der Waals surface area contributed by atoms with Crippen molar-refractivity contribution in [1.29, 1.82) is 0 Å². The summed E-state index contributed by atoms with van der Waals surface area (Å²) in [6, 6.07) is 7.69. The second-order valence-electron chi connectivity index (χ2n) is 5.98. The Kier molecular flexibility index (Phi) is 6.59. The molecule has 0 bridgehead atoms. The van der Waals surface area contributed by atoms with Crippen LogP contribution in [0.1, 0.15) is 23.7 Å². The van der Waals surface area contributed by atoms with Gasteiger partial charge in [0.25, 0.3) is 5.91 Å². The van der Waals surface area contributed by atoms with Gasteiger partial charge in [0.2, 0.25) is 0 Å². The van der Waals surface area contributed by atoms with Crippen LogP contribution in [0.25, 0.3) is 11.3 Å². The Labute approximate surface area is 175 Å². The van der Waals surface area contributed by atoms with Crippen molar-refractivity contribution in [3.8, 4) is 11.3 Å². The van der Waals surface area contributed by atoms with Gasteiger partial charge in [0.1, 0.15) is 5.82 Å². The molecular weight excluding hydrogens is 447 g/mol. The molecule has 1 amide bonds. The molecule has 2 N–H and O–H groups in total. The van der Waals surface area contributed by atoms with E-state index in [1.54, 1.807) is 24.5 Å². The summed E-state index contributed by atoms with van der Waals surface area (Å²) in [5, 5.41) is 6.45. The minimum atomic E-state index is -0.422. The van der Waals surface area contributed by atoms with Crippen molar-refractivity contribution in [2.24, 2.45) is 0 Å². The summed E-state index contributed by atoms with van der Waals surface area (Å²) in [5.74, 6) is -0.641. The monoisotopic (exact) mass is 462 g/mol. The summed E-state index contributed by atoms with van der Waals surface area (Å²) in [5.41, 5.74) is 2.32. The minimum absolute atomic E-state index is 0.219. The zero-order chi connectivity index (χ0) is 20.1. The van der Waals surface area contributed by atoms with Gasteiger partial charge < -0.3 is 10.6 Å². The predicted molar refractivity (Wildman–Crippen MR) is 112 cm³/mol. The van der Waals surface area contributed by atoms with Gasteiger partial charge in [0.05, 0.1) is 27.1 Å². The fourth-order valence-corrected chi connectivity index (χ4v) is 3.03. The largest absolute Gasteiger partial charge is 0.354 e. The van der Waals surface area contributed by atoms with Gasteiger partial charge in [-0.25, -0.2) is 4.39 Å². The molecule has 0 saturated carbocycles. The first-order valence-electron chi connectivity index (χ1n) is 8.59. The number of hydrogen-bond acceptors (Lipinski definition) is 4. The third-order valence-corrected chi connectivity index (χ3v) is 4.80. The van der Waals surface area contributed by atoms with E-state index in [9.17, 15) is 9.18 Å². The Balaban J connectivity index is 1.96. The number of rotatable bonds is 6. The maximum Gasteiger partial charge on any atom is 0.254 e. The van der Waals surface area contributed by atoms with Crippen molar-refractivity contribution < 1.29 is 9.18 Å². The topological polar surface area (TPSA) is 66.9 Å². The van der Waals surface area contributed by atoms with Gasteiger partial charge in [-0.05, 0) is 52.7 Å². The van der Waals surface area contributed by atoms with E-state index in [-0.39, 0.29) is 5.91 Å². The summed E-state index contributed by atoms with van der Waals surface area (Å²) >= 11 is 9.43. The van der Waals surface area contributed by atoms with Crippen LogP contribution in [-0.2, 0) is 0 Å². The van der Waals surface area contributed by atoms with Crippen molar-refractivity contribution in [3.05, 3.63) is 69.8 Å². The van der Waals surface area contributed by atoms with E-state index in [4.69, 9.17) is 11.6 Å². The van der Waals surface area contributed by atoms with E-state index in [2.05, 4.69) is 36.5 Å². The molecular formula is C20H17BrClFN4O. The van der Waals surface area contributed by atoms with E-state index < -0.39 is 5.82 Å². The third-order valence-electron chi connectivity index (χ3n) is 3.93. The molecule has 0 radical (unpaired) electrons. The lowest BCUT2D eigenvalue weighted by molar-refractivity contribution is 0.0954. The first kappa shape index (κ1) is 20.2. The van der Waals surface area contributed by atoms with Gasteiger partial charge in [-0.2, -0.15) is 0 Å². The van der Waals surface area contributed by atoms with Crippen LogP contribution in [-0.4, -0.2) is 22.4 Å². The predicted octanol–water partition coefficient (Wildman–Crippen LogP) is 5.58. The highest BCUT2D eigenvalue weighted by molar-refractivity contribution is 9.10. The molecule has 0 aliphatic rings. The zero-order valence-corrected chi connectivity index (χ0v) is 17.3. The summed E-state index contributed by atoms with van der Waals surface area (Å²) in [7, 11) is 0. The van der Waals surface area contributed by atoms with Gasteiger partial charge >= 0.3 is 0 Å². The number of carbonyl (C=O) groups is 1. The Bertz CT molecular complexity index is 1020. The maximum atomic E-state index is 14.2. The number of nitrogens with zero attached hydrogens (tertiary/aromatic N) is 2. The van der Waals surface area contributed by atoms with Crippen molar-refractivity contribution in [2.75, 3.05) is 11.9 Å². The second kappa shape index (κ2) is 9.12. The molecule has 28 heavy (non-hydrogen) atoms. The Hall–Kier alpha value is -2.51. The fraction of sp³-hybridized carbons (Fsp3) is 0.150. The fourth-order valence-electron chi connectivity index (χ4n) is 2.54. The molecule has 0 atom stereocenters. The van der Waals surface area contributed by atoms with Crippen molar-refractivity contribution >= 4 is 44.8 Å². The highest BCUT2D eigenvalue weighted by Gasteiger charge is 2.14. The highest BCUT2D eigenvalue weighted by Crippen LogP contribution is 2.32. The van der Waals surface area contributed by atoms with Crippen LogP contribution in [0.5, 0.6) is 0 Å². The number of anilines is 2. The van der Waals surface area contributed by atoms with E-state index in [1.165, 1.54) is 24.4 Å². The number of carbonyl (C=O) groups excluding carboxylic acids is 1. The van der Waals surface area contributed by atoms with Gasteiger partial charge in [-0.1, -0.05) is 18.5 Å². The summed E-state index contributed by atoms with van der Waals surface area (Å²) in [6.45, 7) is 2.55. The SMILES string of the molecule is CCCNC(=O)c1cnccc1Nc1cc(-c2cc(Cl)ccc2F)ncc1Br. The quantitative estimate of drug-likeness (QED) is 0.501. The van der Waals surface area contributed by atoms with Crippen LogP contribution in [0.3, 0.4) is 0 Å². The number of amides is 1. The van der Waals surface area contributed by atoms with E-state index in [1.807, 2.05) is 6.92 Å². The average Bonchev–Trinajstić information content (AvgIpc) is 2.70. The third kappa shape index (κ3) is 4.66. The van der Waals surface area contributed by atoms with Gasteiger partial charge in [-0.3, -0.25) is 14.8 Å². The molecule has 1 aromatic carbocycles. The number of aromatic nitrogens is 2. The molecule has 2 heterocycles. The summed E-state index contributed by atoms with van der Waals surface area (Å²) in [6.07, 6.45) is 5.49. The number of hydrogen-bond donors (Lipinski definition) is 2. The van der Waals surface area contributed by atoms with E-state index in [0.717, 1.165) is 6.42 Å². The normalized spacial score (nSPS) is 10.6. The van der Waals surface area contributed by atoms with Crippen LogP contribution in [0.4, 0.5) is 15.8 Å². The lowest BCUT2D eigenvalue weighted by atomic mass is 10.1. The van der Waals surface area contributed by atoms with E-state index in [0.29, 0.717) is 44.2 Å². The van der Waals surface area contributed by atoms with Crippen LogP contribution < -0.4 is 10.6 Å². The number of nitrogens with one attached hydrogen (secondary N) is 2. The lowest BCUT2D eigenvalue weighted by Gasteiger charge is -2.14. The smallest absolute Gasteiger partial charge is 0.254 e. The molecule has 0 aliphatic carbocycles. The minimum Gasteiger partial charge on any atom is -0.354 e. The number of halogens is 3. The van der Waals surface area contributed by atoms with Crippen molar-refractivity contribution in [3.63, 3.8) is 0 Å². The molecule has 0 saturated heterocycles. The summed E-state index contributed by atoms with van der Waals surface area (Å²) in [4.78, 5) is 20.7.